The van der Waals surface area contributed by atoms with Gasteiger partial charge in [0.25, 0.3) is 0 Å². The Balaban J connectivity index is 2.03. The summed E-state index contributed by atoms with van der Waals surface area (Å²) in [4.78, 5) is 27.0. The van der Waals surface area contributed by atoms with Crippen molar-refractivity contribution < 1.29 is 9.59 Å². The highest BCUT2D eigenvalue weighted by Gasteiger charge is 2.36. The second-order valence-electron chi connectivity index (χ2n) is 5.00. The quantitative estimate of drug-likeness (QED) is 0.675. The van der Waals surface area contributed by atoms with Gasteiger partial charge in [0, 0.05) is 19.6 Å². The molecule has 90 valence electrons. The number of fused-ring (bicyclic) bond motifs is 1. The first-order valence-corrected chi connectivity index (χ1v) is 5.86. The molecule has 2 heterocycles. The van der Waals surface area contributed by atoms with E-state index >= 15 is 0 Å². The Kier molecular flexibility index (Phi) is 3.14. The highest BCUT2D eigenvalue weighted by Crippen LogP contribution is 2.14. The number of nitrogens with one attached hydrogen (secondary N) is 1. The molecule has 2 aliphatic rings. The number of carbonyl (C=O) groups excluding carboxylic acids is 2. The van der Waals surface area contributed by atoms with E-state index in [0.29, 0.717) is 19.0 Å². The standard InChI is InChI=1S/C11H19N3O2/c1-8(2)5-13-6-9-3-12-4-10(15)14(9)7-11(13)16/h8-9,12H,3-7H2,1-2H3. The summed E-state index contributed by atoms with van der Waals surface area (Å²) in [6, 6.07) is 0.165. The Labute approximate surface area is 95.8 Å². The zero-order valence-corrected chi connectivity index (χ0v) is 9.90. The molecular formula is C11H19N3O2. The number of amides is 2. The monoisotopic (exact) mass is 225 g/mol. The third-order valence-electron chi connectivity index (χ3n) is 3.09. The molecule has 0 aliphatic carbocycles. The van der Waals surface area contributed by atoms with E-state index in [1.165, 1.54) is 0 Å². The van der Waals surface area contributed by atoms with Crippen molar-refractivity contribution in [1.29, 1.82) is 0 Å². The van der Waals surface area contributed by atoms with E-state index < -0.39 is 0 Å². The maximum absolute atomic E-state index is 11.8. The van der Waals surface area contributed by atoms with Crippen LogP contribution in [0.2, 0.25) is 0 Å². The van der Waals surface area contributed by atoms with Crippen LogP contribution in [-0.4, -0.2) is 60.4 Å². The van der Waals surface area contributed by atoms with Gasteiger partial charge in [-0.3, -0.25) is 9.59 Å². The molecule has 2 saturated heterocycles. The average Bonchev–Trinajstić information content (AvgIpc) is 2.20. The molecular weight excluding hydrogens is 206 g/mol. The minimum absolute atomic E-state index is 0.0498. The number of carbonyl (C=O) groups is 2. The fraction of sp³-hybridized carbons (Fsp3) is 0.818. The van der Waals surface area contributed by atoms with Crippen LogP contribution in [0.5, 0.6) is 0 Å². The zero-order valence-electron chi connectivity index (χ0n) is 9.90. The van der Waals surface area contributed by atoms with Gasteiger partial charge in [0.05, 0.1) is 12.6 Å². The molecule has 0 saturated carbocycles. The van der Waals surface area contributed by atoms with Gasteiger partial charge < -0.3 is 15.1 Å². The van der Waals surface area contributed by atoms with E-state index in [1.54, 1.807) is 4.90 Å². The Morgan fingerprint density at radius 1 is 1.38 bits per heavy atom. The first-order chi connectivity index (χ1) is 7.58. The molecule has 5 heteroatoms. The molecule has 0 aromatic carbocycles. The molecule has 5 nitrogen and oxygen atoms in total. The van der Waals surface area contributed by atoms with Crippen LogP contribution in [0, 0.1) is 5.92 Å². The van der Waals surface area contributed by atoms with Crippen molar-refractivity contribution in [2.45, 2.75) is 19.9 Å². The fourth-order valence-electron chi connectivity index (χ4n) is 2.36. The maximum Gasteiger partial charge on any atom is 0.242 e. The lowest BCUT2D eigenvalue weighted by Gasteiger charge is -2.44. The molecule has 2 fully saturated rings. The van der Waals surface area contributed by atoms with Crippen molar-refractivity contribution >= 4 is 11.8 Å². The first-order valence-electron chi connectivity index (χ1n) is 5.86. The molecule has 0 bridgehead atoms. The summed E-state index contributed by atoms with van der Waals surface area (Å²) >= 11 is 0. The van der Waals surface area contributed by atoms with Crippen LogP contribution in [0.4, 0.5) is 0 Å². The number of hydrogen-bond acceptors (Lipinski definition) is 3. The summed E-state index contributed by atoms with van der Waals surface area (Å²) in [6.45, 7) is 7.10. The lowest BCUT2D eigenvalue weighted by Crippen LogP contribution is -2.65. The summed E-state index contributed by atoms with van der Waals surface area (Å²) in [6.07, 6.45) is 0. The Morgan fingerprint density at radius 3 is 2.81 bits per heavy atom. The van der Waals surface area contributed by atoms with Crippen molar-refractivity contribution in [3.8, 4) is 0 Å². The van der Waals surface area contributed by atoms with Gasteiger partial charge in [-0.05, 0) is 5.92 Å². The Morgan fingerprint density at radius 2 is 2.12 bits per heavy atom. The van der Waals surface area contributed by atoms with Crippen LogP contribution in [0.1, 0.15) is 13.8 Å². The van der Waals surface area contributed by atoms with Crippen LogP contribution in [0.3, 0.4) is 0 Å². The molecule has 1 unspecified atom stereocenters. The topological polar surface area (TPSA) is 52.7 Å². The summed E-state index contributed by atoms with van der Waals surface area (Å²) in [7, 11) is 0. The lowest BCUT2D eigenvalue weighted by atomic mass is 10.1. The summed E-state index contributed by atoms with van der Waals surface area (Å²) in [5.74, 6) is 0.608. The van der Waals surface area contributed by atoms with Crippen LogP contribution in [0.25, 0.3) is 0 Å². The van der Waals surface area contributed by atoms with Crippen molar-refractivity contribution in [1.82, 2.24) is 15.1 Å². The largest absolute Gasteiger partial charge is 0.339 e. The van der Waals surface area contributed by atoms with E-state index in [4.69, 9.17) is 0 Å². The first kappa shape index (κ1) is 11.4. The van der Waals surface area contributed by atoms with Gasteiger partial charge in [-0.1, -0.05) is 13.8 Å². The highest BCUT2D eigenvalue weighted by molar-refractivity contribution is 5.87. The van der Waals surface area contributed by atoms with Crippen molar-refractivity contribution in [3.05, 3.63) is 0 Å². The number of nitrogens with zero attached hydrogens (tertiary/aromatic N) is 2. The second kappa shape index (κ2) is 4.41. The third kappa shape index (κ3) is 2.19. The summed E-state index contributed by atoms with van der Waals surface area (Å²) in [5, 5.41) is 3.09. The molecule has 2 rings (SSSR count). The third-order valence-corrected chi connectivity index (χ3v) is 3.09. The van der Waals surface area contributed by atoms with Crippen molar-refractivity contribution in [2.24, 2.45) is 5.92 Å². The summed E-state index contributed by atoms with van der Waals surface area (Å²) in [5.41, 5.74) is 0. The molecule has 1 N–H and O–H groups in total. The molecule has 0 aromatic heterocycles. The Hall–Kier alpha value is -1.10. The normalized spacial score (nSPS) is 26.3. The van der Waals surface area contributed by atoms with Crippen molar-refractivity contribution in [3.63, 3.8) is 0 Å². The van der Waals surface area contributed by atoms with Gasteiger partial charge in [-0.2, -0.15) is 0 Å². The SMILES string of the molecule is CC(C)CN1CC2CNCC(=O)N2CC1=O. The molecule has 1 atom stereocenters. The zero-order chi connectivity index (χ0) is 11.7. The minimum atomic E-state index is 0.0498. The highest BCUT2D eigenvalue weighted by atomic mass is 16.2. The molecule has 0 spiro atoms. The molecule has 2 aliphatic heterocycles. The lowest BCUT2D eigenvalue weighted by molar-refractivity contribution is -0.150. The molecule has 0 aromatic rings. The van der Waals surface area contributed by atoms with Crippen LogP contribution < -0.4 is 5.32 Å². The Bertz CT molecular complexity index is 304. The van der Waals surface area contributed by atoms with E-state index in [1.807, 2.05) is 4.90 Å². The van der Waals surface area contributed by atoms with Gasteiger partial charge in [0.1, 0.15) is 6.54 Å². The summed E-state index contributed by atoms with van der Waals surface area (Å²) < 4.78 is 0. The van der Waals surface area contributed by atoms with Gasteiger partial charge in [-0.15, -0.1) is 0 Å². The molecule has 2 amide bonds. The minimum Gasteiger partial charge on any atom is -0.339 e. The van der Waals surface area contributed by atoms with Crippen LogP contribution >= 0.6 is 0 Å². The predicted octanol–water partition coefficient (Wildman–Crippen LogP) is -0.715. The van der Waals surface area contributed by atoms with E-state index in [2.05, 4.69) is 19.2 Å². The van der Waals surface area contributed by atoms with Gasteiger partial charge >= 0.3 is 0 Å². The van der Waals surface area contributed by atoms with Gasteiger partial charge in [0.2, 0.25) is 11.8 Å². The van der Waals surface area contributed by atoms with Crippen LogP contribution in [0.15, 0.2) is 0 Å². The van der Waals surface area contributed by atoms with E-state index in [0.717, 1.165) is 13.1 Å². The number of hydrogen-bond donors (Lipinski definition) is 1. The second-order valence-corrected chi connectivity index (χ2v) is 5.00. The van der Waals surface area contributed by atoms with Gasteiger partial charge in [-0.25, -0.2) is 0 Å². The predicted molar refractivity (Wildman–Crippen MR) is 59.8 cm³/mol. The van der Waals surface area contributed by atoms with Gasteiger partial charge in [0.15, 0.2) is 0 Å². The van der Waals surface area contributed by atoms with Crippen molar-refractivity contribution in [2.75, 3.05) is 32.7 Å². The fourth-order valence-corrected chi connectivity index (χ4v) is 2.36. The average molecular weight is 225 g/mol. The maximum atomic E-state index is 11.8. The molecule has 0 radical (unpaired) electrons. The smallest absolute Gasteiger partial charge is 0.242 e. The van der Waals surface area contributed by atoms with E-state index in [9.17, 15) is 9.59 Å². The number of rotatable bonds is 2. The molecule has 16 heavy (non-hydrogen) atoms. The van der Waals surface area contributed by atoms with E-state index in [-0.39, 0.29) is 24.4 Å². The number of piperazine rings is 2. The van der Waals surface area contributed by atoms with Crippen LogP contribution in [-0.2, 0) is 9.59 Å².